The number of imidazole rings is 1. The number of nitrogens with zero attached hydrogens (tertiary/aromatic N) is 5. The van der Waals surface area contributed by atoms with Gasteiger partial charge in [-0.15, -0.1) is 10.2 Å². The van der Waals surface area contributed by atoms with Crippen LogP contribution in [-0.4, -0.2) is 36.6 Å². The quantitative estimate of drug-likeness (QED) is 0.561. The number of hydrogen-bond donors (Lipinski definition) is 1. The molecule has 1 aromatic carbocycles. The summed E-state index contributed by atoms with van der Waals surface area (Å²) in [5.74, 6) is 1.91. The van der Waals surface area contributed by atoms with Crippen molar-refractivity contribution in [3.63, 3.8) is 0 Å². The van der Waals surface area contributed by atoms with Gasteiger partial charge in [-0.2, -0.15) is 0 Å². The second-order valence-electron chi connectivity index (χ2n) is 7.10. The highest BCUT2D eigenvalue weighted by atomic mass is 16.1. The standard InChI is InChI=1S/C21H24N6O/c1-4-26-17-10-6-5-9-16(17)23-18(26)11-12-22-21(28)15-8-7-13-27-19(14(2)3)24-25-20(15)27/h5-10,13-14H,4,11-12H2,1-3H3,(H,22,28). The Morgan fingerprint density at radius 2 is 1.96 bits per heavy atom. The molecule has 0 aliphatic heterocycles. The third-order valence-electron chi connectivity index (χ3n) is 4.91. The predicted octanol–water partition coefficient (Wildman–Crippen LogP) is 3.19. The van der Waals surface area contributed by atoms with Crippen LogP contribution in [0.4, 0.5) is 0 Å². The van der Waals surface area contributed by atoms with E-state index in [4.69, 9.17) is 4.98 Å². The van der Waals surface area contributed by atoms with E-state index >= 15 is 0 Å². The second-order valence-corrected chi connectivity index (χ2v) is 7.10. The molecule has 0 bridgehead atoms. The minimum atomic E-state index is -0.146. The maximum Gasteiger partial charge on any atom is 0.255 e. The SMILES string of the molecule is CCn1c(CCNC(=O)c2cccn3c(C(C)C)nnc23)nc2ccccc21. The van der Waals surface area contributed by atoms with Gasteiger partial charge in [0.15, 0.2) is 5.65 Å². The number of hydrogen-bond acceptors (Lipinski definition) is 4. The Labute approximate surface area is 163 Å². The average Bonchev–Trinajstić information content (AvgIpc) is 3.28. The molecule has 4 rings (SSSR count). The molecule has 0 aliphatic rings. The summed E-state index contributed by atoms with van der Waals surface area (Å²) in [5.41, 5.74) is 3.23. The molecule has 4 aromatic rings. The van der Waals surface area contributed by atoms with Crippen LogP contribution in [0.5, 0.6) is 0 Å². The fourth-order valence-corrected chi connectivity index (χ4v) is 3.56. The van der Waals surface area contributed by atoms with E-state index in [0.717, 1.165) is 29.2 Å². The largest absolute Gasteiger partial charge is 0.351 e. The average molecular weight is 376 g/mol. The molecule has 0 aliphatic carbocycles. The highest BCUT2D eigenvalue weighted by molar-refractivity contribution is 5.99. The molecule has 3 heterocycles. The maximum atomic E-state index is 12.7. The first-order valence-electron chi connectivity index (χ1n) is 9.66. The summed E-state index contributed by atoms with van der Waals surface area (Å²) in [6, 6.07) is 11.7. The molecule has 144 valence electrons. The minimum absolute atomic E-state index is 0.146. The van der Waals surface area contributed by atoms with E-state index in [1.165, 1.54) is 0 Å². The molecule has 0 saturated carbocycles. The number of para-hydroxylation sites is 2. The Balaban J connectivity index is 1.51. The summed E-state index contributed by atoms with van der Waals surface area (Å²) in [4.78, 5) is 17.4. The lowest BCUT2D eigenvalue weighted by Crippen LogP contribution is -2.27. The van der Waals surface area contributed by atoms with E-state index in [0.29, 0.717) is 24.2 Å². The summed E-state index contributed by atoms with van der Waals surface area (Å²) in [6.07, 6.45) is 2.56. The molecule has 3 aromatic heterocycles. The monoisotopic (exact) mass is 376 g/mol. The fourth-order valence-electron chi connectivity index (χ4n) is 3.56. The number of aromatic nitrogens is 5. The van der Waals surface area contributed by atoms with Crippen molar-refractivity contribution in [2.75, 3.05) is 6.54 Å². The summed E-state index contributed by atoms with van der Waals surface area (Å²) in [6.45, 7) is 7.58. The highest BCUT2D eigenvalue weighted by Gasteiger charge is 2.16. The summed E-state index contributed by atoms with van der Waals surface area (Å²) < 4.78 is 4.08. The molecule has 7 heteroatoms. The van der Waals surface area contributed by atoms with Crippen LogP contribution in [0.25, 0.3) is 16.7 Å². The number of fused-ring (bicyclic) bond motifs is 2. The molecule has 0 fully saturated rings. The molecule has 0 spiro atoms. The van der Waals surface area contributed by atoms with Gasteiger partial charge in [-0.3, -0.25) is 9.20 Å². The normalized spacial score (nSPS) is 11.6. The van der Waals surface area contributed by atoms with Gasteiger partial charge >= 0.3 is 0 Å². The van der Waals surface area contributed by atoms with Gasteiger partial charge in [0.05, 0.1) is 16.6 Å². The number of pyridine rings is 1. The summed E-state index contributed by atoms with van der Waals surface area (Å²) in [7, 11) is 0. The lowest BCUT2D eigenvalue weighted by molar-refractivity contribution is 0.0955. The van der Waals surface area contributed by atoms with Crippen molar-refractivity contribution < 1.29 is 4.79 Å². The minimum Gasteiger partial charge on any atom is -0.351 e. The molecule has 1 N–H and O–H groups in total. The molecular weight excluding hydrogens is 352 g/mol. The zero-order valence-corrected chi connectivity index (χ0v) is 16.4. The highest BCUT2D eigenvalue weighted by Crippen LogP contribution is 2.17. The van der Waals surface area contributed by atoms with Crippen molar-refractivity contribution in [2.45, 2.75) is 39.7 Å². The van der Waals surface area contributed by atoms with E-state index in [9.17, 15) is 4.79 Å². The van der Waals surface area contributed by atoms with Crippen molar-refractivity contribution >= 4 is 22.6 Å². The van der Waals surface area contributed by atoms with E-state index < -0.39 is 0 Å². The van der Waals surface area contributed by atoms with Gasteiger partial charge < -0.3 is 9.88 Å². The van der Waals surface area contributed by atoms with Crippen LogP contribution in [0.1, 0.15) is 48.7 Å². The van der Waals surface area contributed by atoms with Gasteiger partial charge in [-0.05, 0) is 31.2 Å². The molecular formula is C21H24N6O. The molecule has 28 heavy (non-hydrogen) atoms. The van der Waals surface area contributed by atoms with Crippen molar-refractivity contribution in [1.82, 2.24) is 29.5 Å². The van der Waals surface area contributed by atoms with E-state index in [1.807, 2.05) is 34.9 Å². The third kappa shape index (κ3) is 3.13. The van der Waals surface area contributed by atoms with Gasteiger partial charge in [-0.1, -0.05) is 26.0 Å². The Bertz CT molecular complexity index is 1140. The molecule has 1 amide bonds. The molecule has 0 atom stereocenters. The number of benzene rings is 1. The lowest BCUT2D eigenvalue weighted by atomic mass is 10.2. The van der Waals surface area contributed by atoms with Crippen molar-refractivity contribution in [3.05, 3.63) is 59.8 Å². The fraction of sp³-hybridized carbons (Fsp3) is 0.333. The molecule has 0 radical (unpaired) electrons. The second kappa shape index (κ2) is 7.42. The van der Waals surface area contributed by atoms with Gasteiger partial charge in [0, 0.05) is 31.6 Å². The summed E-state index contributed by atoms with van der Waals surface area (Å²) >= 11 is 0. The lowest BCUT2D eigenvalue weighted by Gasteiger charge is -2.08. The Hall–Kier alpha value is -3.22. The van der Waals surface area contributed by atoms with Crippen LogP contribution in [0, 0.1) is 0 Å². The smallest absolute Gasteiger partial charge is 0.255 e. The Morgan fingerprint density at radius 3 is 2.75 bits per heavy atom. The van der Waals surface area contributed by atoms with Crippen molar-refractivity contribution in [1.29, 1.82) is 0 Å². The maximum absolute atomic E-state index is 12.7. The van der Waals surface area contributed by atoms with Gasteiger partial charge in [0.2, 0.25) is 0 Å². The van der Waals surface area contributed by atoms with Crippen LogP contribution in [0.15, 0.2) is 42.6 Å². The predicted molar refractivity (Wildman–Crippen MR) is 109 cm³/mol. The zero-order valence-electron chi connectivity index (χ0n) is 16.4. The van der Waals surface area contributed by atoms with Crippen molar-refractivity contribution in [2.24, 2.45) is 0 Å². The Kier molecular flexibility index (Phi) is 4.81. The third-order valence-corrected chi connectivity index (χ3v) is 4.91. The summed E-state index contributed by atoms with van der Waals surface area (Å²) in [5, 5.41) is 11.5. The zero-order chi connectivity index (χ0) is 19.7. The van der Waals surface area contributed by atoms with E-state index in [1.54, 1.807) is 6.07 Å². The molecule has 0 saturated heterocycles. The molecule has 7 nitrogen and oxygen atoms in total. The topological polar surface area (TPSA) is 77.1 Å². The molecule has 0 unspecified atom stereocenters. The van der Waals surface area contributed by atoms with E-state index in [-0.39, 0.29) is 11.8 Å². The van der Waals surface area contributed by atoms with Crippen molar-refractivity contribution in [3.8, 4) is 0 Å². The van der Waals surface area contributed by atoms with Gasteiger partial charge in [-0.25, -0.2) is 4.98 Å². The number of amides is 1. The van der Waals surface area contributed by atoms with Crippen LogP contribution >= 0.6 is 0 Å². The number of nitrogens with one attached hydrogen (secondary N) is 1. The number of carbonyl (C=O) groups is 1. The van der Waals surface area contributed by atoms with E-state index in [2.05, 4.69) is 46.9 Å². The first-order chi connectivity index (χ1) is 13.6. The Morgan fingerprint density at radius 1 is 1.14 bits per heavy atom. The van der Waals surface area contributed by atoms with Gasteiger partial charge in [0.25, 0.3) is 5.91 Å². The first kappa shape index (κ1) is 18.2. The van der Waals surface area contributed by atoms with Crippen LogP contribution < -0.4 is 5.32 Å². The number of carbonyl (C=O) groups excluding carboxylic acids is 1. The van der Waals surface area contributed by atoms with Crippen LogP contribution in [0.3, 0.4) is 0 Å². The number of aryl methyl sites for hydroxylation is 1. The van der Waals surface area contributed by atoms with Crippen LogP contribution in [0.2, 0.25) is 0 Å². The van der Waals surface area contributed by atoms with Gasteiger partial charge in [0.1, 0.15) is 11.6 Å². The first-order valence-corrected chi connectivity index (χ1v) is 9.66. The van der Waals surface area contributed by atoms with Crippen LogP contribution in [-0.2, 0) is 13.0 Å². The number of rotatable bonds is 6.